The average molecular weight is 259 g/mol. The number of hydrogen-bond acceptors (Lipinski definition) is 5. The molecule has 0 bridgehead atoms. The normalized spacial score (nSPS) is 11.3. The minimum absolute atomic E-state index is 0.0618. The zero-order valence-corrected chi connectivity index (χ0v) is 10.2. The van der Waals surface area contributed by atoms with Crippen molar-refractivity contribution in [2.45, 2.75) is 0 Å². The number of hydrogen-bond donors (Lipinski definition) is 3. The van der Waals surface area contributed by atoms with Gasteiger partial charge in [-0.15, -0.1) is 0 Å². The Labute approximate surface area is 110 Å². The lowest BCUT2D eigenvalue weighted by molar-refractivity contribution is 0.319. The van der Waals surface area contributed by atoms with Crippen molar-refractivity contribution in [2.24, 2.45) is 5.16 Å². The van der Waals surface area contributed by atoms with Gasteiger partial charge in [0.15, 0.2) is 0 Å². The number of phenols is 2. The van der Waals surface area contributed by atoms with E-state index in [0.717, 1.165) is 0 Å². The highest BCUT2D eigenvalue weighted by molar-refractivity contribution is 6.14. The summed E-state index contributed by atoms with van der Waals surface area (Å²) in [5.74, 6) is 0.452. The molecular formula is C14H13NO4. The molecule has 0 spiro atoms. The fraction of sp³-hybridized carbons (Fsp3) is 0.0714. The Morgan fingerprint density at radius 1 is 1.05 bits per heavy atom. The fourth-order valence-electron chi connectivity index (χ4n) is 1.74. The van der Waals surface area contributed by atoms with E-state index in [9.17, 15) is 10.2 Å². The van der Waals surface area contributed by atoms with Crippen LogP contribution >= 0.6 is 0 Å². The van der Waals surface area contributed by atoms with Crippen molar-refractivity contribution in [3.8, 4) is 17.2 Å². The largest absolute Gasteiger partial charge is 0.508 e. The first-order valence-corrected chi connectivity index (χ1v) is 5.54. The number of benzene rings is 2. The van der Waals surface area contributed by atoms with Crippen molar-refractivity contribution in [1.29, 1.82) is 0 Å². The first kappa shape index (κ1) is 12.8. The van der Waals surface area contributed by atoms with Gasteiger partial charge in [0.05, 0.1) is 7.11 Å². The number of ether oxygens (including phenoxy) is 1. The lowest BCUT2D eigenvalue weighted by Crippen LogP contribution is -2.03. The Morgan fingerprint density at radius 2 is 1.74 bits per heavy atom. The predicted molar refractivity (Wildman–Crippen MR) is 70.2 cm³/mol. The molecule has 0 amide bonds. The zero-order valence-electron chi connectivity index (χ0n) is 10.2. The summed E-state index contributed by atoms with van der Waals surface area (Å²) in [6, 6.07) is 10.9. The lowest BCUT2D eigenvalue weighted by atomic mass is 10.0. The third-order valence-corrected chi connectivity index (χ3v) is 2.70. The molecule has 0 heterocycles. The highest BCUT2D eigenvalue weighted by Crippen LogP contribution is 2.26. The molecule has 0 fully saturated rings. The van der Waals surface area contributed by atoms with Crippen LogP contribution in [-0.2, 0) is 0 Å². The van der Waals surface area contributed by atoms with E-state index in [1.54, 1.807) is 31.4 Å². The van der Waals surface area contributed by atoms with Gasteiger partial charge >= 0.3 is 0 Å². The van der Waals surface area contributed by atoms with Crippen molar-refractivity contribution < 1.29 is 20.2 Å². The van der Waals surface area contributed by atoms with E-state index in [4.69, 9.17) is 9.94 Å². The third kappa shape index (κ3) is 2.60. The Bertz CT molecular complexity index is 605. The maximum atomic E-state index is 9.78. The number of phenolic OH excluding ortho intramolecular Hbond substituents is 2. The van der Waals surface area contributed by atoms with Crippen LogP contribution < -0.4 is 4.74 Å². The van der Waals surface area contributed by atoms with Gasteiger partial charge in [-0.25, -0.2) is 0 Å². The highest BCUT2D eigenvalue weighted by Gasteiger charge is 2.13. The number of aromatic hydroxyl groups is 2. The molecular weight excluding hydrogens is 246 g/mol. The van der Waals surface area contributed by atoms with Crippen molar-refractivity contribution in [1.82, 2.24) is 0 Å². The second-order valence-electron chi connectivity index (χ2n) is 3.88. The van der Waals surface area contributed by atoms with Gasteiger partial charge in [0.25, 0.3) is 0 Å². The average Bonchev–Trinajstić information content (AvgIpc) is 2.42. The van der Waals surface area contributed by atoms with Gasteiger partial charge in [0, 0.05) is 17.2 Å². The van der Waals surface area contributed by atoms with Gasteiger partial charge in [-0.1, -0.05) is 5.16 Å². The van der Waals surface area contributed by atoms with E-state index >= 15 is 0 Å². The summed E-state index contributed by atoms with van der Waals surface area (Å²) in [6.45, 7) is 0. The summed E-state index contributed by atoms with van der Waals surface area (Å²) in [6.07, 6.45) is 0. The molecule has 0 aromatic heterocycles. The molecule has 0 atom stereocenters. The molecule has 5 heteroatoms. The standard InChI is InChI=1S/C14H13NO4/c1-19-11-5-2-9(3-6-11)14(15-18)12-7-4-10(16)8-13(12)17/h2-8,16-18H,1H3. The molecule has 0 aliphatic heterocycles. The summed E-state index contributed by atoms with van der Waals surface area (Å²) >= 11 is 0. The highest BCUT2D eigenvalue weighted by atomic mass is 16.5. The molecule has 3 N–H and O–H groups in total. The molecule has 0 saturated carbocycles. The first-order chi connectivity index (χ1) is 9.15. The van der Waals surface area contributed by atoms with Gasteiger partial charge in [-0.3, -0.25) is 0 Å². The minimum Gasteiger partial charge on any atom is -0.508 e. The maximum absolute atomic E-state index is 9.78. The van der Waals surface area contributed by atoms with Crippen LogP contribution in [0.3, 0.4) is 0 Å². The van der Waals surface area contributed by atoms with Crippen molar-refractivity contribution >= 4 is 5.71 Å². The number of nitrogens with zero attached hydrogens (tertiary/aromatic N) is 1. The van der Waals surface area contributed by atoms with E-state index in [0.29, 0.717) is 16.9 Å². The van der Waals surface area contributed by atoms with Crippen LogP contribution in [0.5, 0.6) is 17.2 Å². The molecule has 98 valence electrons. The van der Waals surface area contributed by atoms with E-state index in [1.165, 1.54) is 18.2 Å². The lowest BCUT2D eigenvalue weighted by Gasteiger charge is -2.08. The molecule has 0 radical (unpaired) electrons. The maximum Gasteiger partial charge on any atom is 0.128 e. The van der Waals surface area contributed by atoms with Gasteiger partial charge in [0.1, 0.15) is 23.0 Å². The number of oxime groups is 1. The molecule has 2 aromatic rings. The van der Waals surface area contributed by atoms with Crippen molar-refractivity contribution in [2.75, 3.05) is 7.11 Å². The monoisotopic (exact) mass is 259 g/mol. The summed E-state index contributed by atoms with van der Waals surface area (Å²) in [5, 5.41) is 31.4. The first-order valence-electron chi connectivity index (χ1n) is 5.54. The Balaban J connectivity index is 2.44. The van der Waals surface area contributed by atoms with E-state index < -0.39 is 0 Å². The Kier molecular flexibility index (Phi) is 3.56. The van der Waals surface area contributed by atoms with Crippen LogP contribution in [0.1, 0.15) is 11.1 Å². The van der Waals surface area contributed by atoms with E-state index in [-0.39, 0.29) is 17.2 Å². The zero-order chi connectivity index (χ0) is 13.8. The molecule has 0 aliphatic carbocycles. The van der Waals surface area contributed by atoms with Gasteiger partial charge < -0.3 is 20.2 Å². The smallest absolute Gasteiger partial charge is 0.128 e. The van der Waals surface area contributed by atoms with Gasteiger partial charge in [-0.2, -0.15) is 0 Å². The summed E-state index contributed by atoms with van der Waals surface area (Å²) in [4.78, 5) is 0. The topological polar surface area (TPSA) is 82.3 Å². The van der Waals surface area contributed by atoms with Crippen LogP contribution in [0.4, 0.5) is 0 Å². The van der Waals surface area contributed by atoms with Crippen LogP contribution in [0, 0.1) is 0 Å². The summed E-state index contributed by atoms with van der Waals surface area (Å²) in [7, 11) is 1.56. The second-order valence-corrected chi connectivity index (χ2v) is 3.88. The van der Waals surface area contributed by atoms with Crippen molar-refractivity contribution in [3.63, 3.8) is 0 Å². The molecule has 0 aliphatic rings. The fourth-order valence-corrected chi connectivity index (χ4v) is 1.74. The molecule has 5 nitrogen and oxygen atoms in total. The van der Waals surface area contributed by atoms with Gasteiger partial charge in [0.2, 0.25) is 0 Å². The quantitative estimate of drug-likeness (QED) is 0.449. The van der Waals surface area contributed by atoms with Crippen LogP contribution in [-0.4, -0.2) is 28.2 Å². The minimum atomic E-state index is -0.163. The number of methoxy groups -OCH3 is 1. The van der Waals surface area contributed by atoms with Crippen molar-refractivity contribution in [3.05, 3.63) is 53.6 Å². The van der Waals surface area contributed by atoms with Gasteiger partial charge in [-0.05, 0) is 36.4 Å². The third-order valence-electron chi connectivity index (χ3n) is 2.70. The Hall–Kier alpha value is -2.69. The van der Waals surface area contributed by atoms with Crippen LogP contribution in [0.15, 0.2) is 47.6 Å². The molecule has 19 heavy (non-hydrogen) atoms. The second kappa shape index (κ2) is 5.30. The van der Waals surface area contributed by atoms with E-state index in [1.807, 2.05) is 0 Å². The van der Waals surface area contributed by atoms with Crippen LogP contribution in [0.2, 0.25) is 0 Å². The molecule has 0 unspecified atom stereocenters. The summed E-state index contributed by atoms with van der Waals surface area (Å²) in [5.41, 5.74) is 1.15. The Morgan fingerprint density at radius 3 is 2.26 bits per heavy atom. The molecule has 2 aromatic carbocycles. The van der Waals surface area contributed by atoms with Crippen LogP contribution in [0.25, 0.3) is 0 Å². The number of rotatable bonds is 3. The molecule has 2 rings (SSSR count). The van der Waals surface area contributed by atoms with E-state index in [2.05, 4.69) is 5.16 Å². The molecule has 0 saturated heterocycles. The predicted octanol–water partition coefficient (Wildman–Crippen LogP) is 2.33. The SMILES string of the molecule is COc1ccc(C(=NO)c2ccc(O)cc2O)cc1. The summed E-state index contributed by atoms with van der Waals surface area (Å²) < 4.78 is 5.04.